The number of methoxy groups -OCH3 is 1. The van der Waals surface area contributed by atoms with Crippen LogP contribution in [0.25, 0.3) is 11.1 Å². The first-order chi connectivity index (χ1) is 8.90. The fourth-order valence-electron chi connectivity index (χ4n) is 2.74. The van der Waals surface area contributed by atoms with Crippen LogP contribution >= 0.6 is 0 Å². The van der Waals surface area contributed by atoms with Gasteiger partial charge in [0.1, 0.15) is 5.75 Å². The van der Waals surface area contributed by atoms with Gasteiger partial charge in [-0.1, -0.05) is 18.2 Å². The first-order valence-electron chi connectivity index (χ1n) is 6.50. The van der Waals surface area contributed by atoms with Gasteiger partial charge < -0.3 is 4.74 Å². The van der Waals surface area contributed by atoms with E-state index in [-0.39, 0.29) is 0 Å². The van der Waals surface area contributed by atoms with Gasteiger partial charge in [-0.3, -0.25) is 4.98 Å². The average Bonchev–Trinajstić information content (AvgIpc) is 2.46. The zero-order chi connectivity index (χ0) is 12.4. The van der Waals surface area contributed by atoms with Gasteiger partial charge in [-0.2, -0.15) is 0 Å². The number of rotatable bonds is 2. The van der Waals surface area contributed by atoms with Crippen LogP contribution in [-0.2, 0) is 12.8 Å². The molecular weight excluding hydrogens is 222 g/mol. The molecule has 0 atom stereocenters. The molecule has 0 aliphatic heterocycles. The number of aryl methyl sites for hydroxylation is 1. The SMILES string of the molecule is COc1ccccc1-c1ccnc2c1CCCC2. The minimum absolute atomic E-state index is 0.941. The fraction of sp³-hybridized carbons (Fsp3) is 0.312. The highest BCUT2D eigenvalue weighted by Gasteiger charge is 2.16. The molecule has 0 bridgehead atoms. The molecule has 0 unspecified atom stereocenters. The molecule has 1 aromatic heterocycles. The number of fused-ring (bicyclic) bond motifs is 1. The lowest BCUT2D eigenvalue weighted by atomic mass is 9.89. The van der Waals surface area contributed by atoms with Gasteiger partial charge in [-0.05, 0) is 48.9 Å². The summed E-state index contributed by atoms with van der Waals surface area (Å²) in [6.07, 6.45) is 6.69. The summed E-state index contributed by atoms with van der Waals surface area (Å²) in [6, 6.07) is 10.3. The van der Waals surface area contributed by atoms with Crippen molar-refractivity contribution in [1.29, 1.82) is 0 Å². The lowest BCUT2D eigenvalue weighted by molar-refractivity contribution is 0.416. The molecule has 0 radical (unpaired) electrons. The van der Waals surface area contributed by atoms with Crippen molar-refractivity contribution in [2.45, 2.75) is 25.7 Å². The van der Waals surface area contributed by atoms with E-state index in [9.17, 15) is 0 Å². The van der Waals surface area contributed by atoms with Crippen LogP contribution in [0.2, 0.25) is 0 Å². The molecule has 0 saturated carbocycles. The number of hydrogen-bond acceptors (Lipinski definition) is 2. The summed E-state index contributed by atoms with van der Waals surface area (Å²) in [6.45, 7) is 0. The van der Waals surface area contributed by atoms with E-state index in [0.29, 0.717) is 0 Å². The Bertz CT molecular complexity index is 563. The molecule has 2 nitrogen and oxygen atoms in total. The van der Waals surface area contributed by atoms with Crippen molar-refractivity contribution < 1.29 is 4.74 Å². The van der Waals surface area contributed by atoms with E-state index in [0.717, 1.165) is 18.6 Å². The van der Waals surface area contributed by atoms with Crippen molar-refractivity contribution in [2.24, 2.45) is 0 Å². The molecule has 0 saturated heterocycles. The highest BCUT2D eigenvalue weighted by Crippen LogP contribution is 2.35. The maximum Gasteiger partial charge on any atom is 0.126 e. The van der Waals surface area contributed by atoms with E-state index < -0.39 is 0 Å². The zero-order valence-corrected chi connectivity index (χ0v) is 10.6. The smallest absolute Gasteiger partial charge is 0.126 e. The molecule has 3 rings (SSSR count). The molecule has 0 amide bonds. The highest BCUT2D eigenvalue weighted by molar-refractivity contribution is 5.74. The molecule has 1 aliphatic carbocycles. The Morgan fingerprint density at radius 2 is 1.83 bits per heavy atom. The van der Waals surface area contributed by atoms with Gasteiger partial charge in [0, 0.05) is 17.5 Å². The van der Waals surface area contributed by atoms with Crippen molar-refractivity contribution in [2.75, 3.05) is 7.11 Å². The van der Waals surface area contributed by atoms with Crippen molar-refractivity contribution >= 4 is 0 Å². The van der Waals surface area contributed by atoms with E-state index in [1.807, 2.05) is 18.3 Å². The molecule has 1 heterocycles. The van der Waals surface area contributed by atoms with Crippen LogP contribution in [0.15, 0.2) is 36.5 Å². The Balaban J connectivity index is 2.17. The molecule has 1 aliphatic rings. The first kappa shape index (κ1) is 11.3. The summed E-state index contributed by atoms with van der Waals surface area (Å²) >= 11 is 0. The summed E-state index contributed by atoms with van der Waals surface area (Å²) in [7, 11) is 1.73. The van der Waals surface area contributed by atoms with Gasteiger partial charge in [0.25, 0.3) is 0 Å². The second-order valence-electron chi connectivity index (χ2n) is 4.69. The van der Waals surface area contributed by atoms with Crippen molar-refractivity contribution in [3.05, 3.63) is 47.8 Å². The summed E-state index contributed by atoms with van der Waals surface area (Å²) in [5.74, 6) is 0.941. The van der Waals surface area contributed by atoms with Crippen LogP contribution in [-0.4, -0.2) is 12.1 Å². The Morgan fingerprint density at radius 3 is 2.72 bits per heavy atom. The van der Waals surface area contributed by atoms with Crippen molar-refractivity contribution in [3.63, 3.8) is 0 Å². The Morgan fingerprint density at radius 1 is 1.00 bits per heavy atom. The van der Waals surface area contributed by atoms with Gasteiger partial charge in [-0.15, -0.1) is 0 Å². The van der Waals surface area contributed by atoms with E-state index in [1.165, 1.54) is 35.2 Å². The molecule has 18 heavy (non-hydrogen) atoms. The number of hydrogen-bond donors (Lipinski definition) is 0. The number of pyridine rings is 1. The van der Waals surface area contributed by atoms with E-state index >= 15 is 0 Å². The molecule has 0 spiro atoms. The largest absolute Gasteiger partial charge is 0.496 e. The van der Waals surface area contributed by atoms with E-state index in [2.05, 4.69) is 23.2 Å². The summed E-state index contributed by atoms with van der Waals surface area (Å²) in [5, 5.41) is 0. The standard InChI is InChI=1S/C16H17NO/c1-18-16-9-5-3-7-14(16)12-10-11-17-15-8-4-2-6-13(12)15/h3,5,7,9-11H,2,4,6,8H2,1H3. The van der Waals surface area contributed by atoms with Crippen LogP contribution in [0.5, 0.6) is 5.75 Å². The normalized spacial score (nSPS) is 14.1. The number of nitrogens with zero attached hydrogens (tertiary/aromatic N) is 1. The molecular formula is C16H17NO. The third-order valence-corrected chi connectivity index (χ3v) is 3.63. The summed E-state index contributed by atoms with van der Waals surface area (Å²) < 4.78 is 5.47. The Hall–Kier alpha value is -1.83. The highest BCUT2D eigenvalue weighted by atomic mass is 16.5. The second kappa shape index (κ2) is 4.81. The topological polar surface area (TPSA) is 22.1 Å². The van der Waals surface area contributed by atoms with Crippen molar-refractivity contribution in [1.82, 2.24) is 4.98 Å². The Kier molecular flexibility index (Phi) is 3.01. The predicted molar refractivity (Wildman–Crippen MR) is 72.9 cm³/mol. The lowest BCUT2D eigenvalue weighted by Crippen LogP contribution is -2.07. The monoisotopic (exact) mass is 239 g/mol. The second-order valence-corrected chi connectivity index (χ2v) is 4.69. The van der Waals surface area contributed by atoms with Gasteiger partial charge in [-0.25, -0.2) is 0 Å². The lowest BCUT2D eigenvalue weighted by Gasteiger charge is -2.19. The van der Waals surface area contributed by atoms with Crippen LogP contribution in [0.3, 0.4) is 0 Å². The average molecular weight is 239 g/mol. The minimum Gasteiger partial charge on any atom is -0.496 e. The molecule has 92 valence electrons. The maximum atomic E-state index is 5.47. The van der Waals surface area contributed by atoms with Gasteiger partial charge in [0.05, 0.1) is 7.11 Å². The quantitative estimate of drug-likeness (QED) is 0.798. The third kappa shape index (κ3) is 1.88. The number of aromatic nitrogens is 1. The number of para-hydroxylation sites is 1. The molecule has 2 heteroatoms. The van der Waals surface area contributed by atoms with Crippen LogP contribution in [0, 0.1) is 0 Å². The fourth-order valence-corrected chi connectivity index (χ4v) is 2.74. The maximum absolute atomic E-state index is 5.47. The van der Waals surface area contributed by atoms with Gasteiger partial charge in [0.2, 0.25) is 0 Å². The molecule has 0 fully saturated rings. The zero-order valence-electron chi connectivity index (χ0n) is 10.6. The van der Waals surface area contributed by atoms with E-state index in [4.69, 9.17) is 4.74 Å². The van der Waals surface area contributed by atoms with Gasteiger partial charge in [0.15, 0.2) is 0 Å². The number of ether oxygens (including phenoxy) is 1. The summed E-state index contributed by atoms with van der Waals surface area (Å²) in [4.78, 5) is 4.52. The van der Waals surface area contributed by atoms with Crippen LogP contribution in [0.4, 0.5) is 0 Å². The summed E-state index contributed by atoms with van der Waals surface area (Å²) in [5.41, 5.74) is 5.15. The van der Waals surface area contributed by atoms with Crippen LogP contribution in [0.1, 0.15) is 24.1 Å². The molecule has 2 aromatic rings. The Labute approximate surface area is 108 Å². The van der Waals surface area contributed by atoms with Crippen molar-refractivity contribution in [3.8, 4) is 16.9 Å². The van der Waals surface area contributed by atoms with Gasteiger partial charge >= 0.3 is 0 Å². The van der Waals surface area contributed by atoms with Crippen LogP contribution < -0.4 is 4.74 Å². The first-order valence-corrected chi connectivity index (χ1v) is 6.50. The third-order valence-electron chi connectivity index (χ3n) is 3.63. The van der Waals surface area contributed by atoms with E-state index in [1.54, 1.807) is 7.11 Å². The minimum atomic E-state index is 0.941. The molecule has 1 aromatic carbocycles. The number of benzene rings is 1. The predicted octanol–water partition coefficient (Wildman–Crippen LogP) is 3.64. The molecule has 0 N–H and O–H groups in total.